The first kappa shape index (κ1) is 14.5. The Morgan fingerprint density at radius 2 is 1.95 bits per heavy atom. The number of sulfonamides is 1. The Bertz CT molecular complexity index is 589. The average molecular weight is 302 g/mol. The van der Waals surface area contributed by atoms with Crippen molar-refractivity contribution in [1.29, 1.82) is 0 Å². The second-order valence-corrected chi connectivity index (χ2v) is 8.16. The molecule has 0 aromatic heterocycles. The molecule has 5 nitrogen and oxygen atoms in total. The maximum atomic E-state index is 12.2. The van der Waals surface area contributed by atoms with Crippen molar-refractivity contribution in [3.63, 3.8) is 0 Å². The fourth-order valence-corrected chi connectivity index (χ4v) is 4.82. The van der Waals surface area contributed by atoms with E-state index < -0.39 is 20.8 Å². The van der Waals surface area contributed by atoms with E-state index in [-0.39, 0.29) is 16.6 Å². The van der Waals surface area contributed by atoms with Gasteiger partial charge in [-0.2, -0.15) is 0 Å². The molecule has 0 radical (unpaired) electrons. The molecule has 19 heavy (non-hydrogen) atoms. The molecule has 1 aromatic rings. The summed E-state index contributed by atoms with van der Waals surface area (Å²) in [6.45, 7) is 1.86. The second kappa shape index (κ2) is 5.60. The van der Waals surface area contributed by atoms with Gasteiger partial charge in [0, 0.05) is 28.3 Å². The standard InChI is InChI=1S/C12H18N2O3S2/c1-9-2-3-12(11(13)8-9)19(16,17)14-10-4-6-18(15)7-5-10/h2-3,8,10,14H,4-7,13H2,1H3. The lowest BCUT2D eigenvalue weighted by atomic mass is 10.2. The second-order valence-electron chi connectivity index (χ2n) is 4.78. The number of nitrogens with two attached hydrogens (primary N) is 1. The Balaban J connectivity index is 2.16. The molecule has 1 aliphatic rings. The largest absolute Gasteiger partial charge is 0.398 e. The molecule has 3 N–H and O–H groups in total. The van der Waals surface area contributed by atoms with E-state index >= 15 is 0 Å². The molecule has 106 valence electrons. The zero-order valence-electron chi connectivity index (χ0n) is 10.8. The summed E-state index contributed by atoms with van der Waals surface area (Å²) in [5, 5.41) is 0. The van der Waals surface area contributed by atoms with E-state index in [1.165, 1.54) is 6.07 Å². The fraction of sp³-hybridized carbons (Fsp3) is 0.500. The summed E-state index contributed by atoms with van der Waals surface area (Å²) < 4.78 is 38.4. The smallest absolute Gasteiger partial charge is 0.242 e. The summed E-state index contributed by atoms with van der Waals surface area (Å²) in [5.74, 6) is 1.10. The van der Waals surface area contributed by atoms with Gasteiger partial charge in [0.2, 0.25) is 10.0 Å². The molecule has 1 aromatic carbocycles. The zero-order valence-corrected chi connectivity index (χ0v) is 12.4. The van der Waals surface area contributed by atoms with Crippen LogP contribution in [0.15, 0.2) is 23.1 Å². The summed E-state index contributed by atoms with van der Waals surface area (Å²) >= 11 is 0. The van der Waals surface area contributed by atoms with Crippen LogP contribution in [-0.2, 0) is 20.8 Å². The van der Waals surface area contributed by atoms with Gasteiger partial charge in [-0.1, -0.05) is 6.07 Å². The molecule has 0 aliphatic carbocycles. The number of hydrogen-bond donors (Lipinski definition) is 2. The molecular formula is C12H18N2O3S2. The van der Waals surface area contributed by atoms with Crippen LogP contribution in [0.25, 0.3) is 0 Å². The first-order chi connectivity index (χ1) is 8.88. The quantitative estimate of drug-likeness (QED) is 0.807. The van der Waals surface area contributed by atoms with E-state index in [2.05, 4.69) is 4.72 Å². The molecule has 1 fully saturated rings. The van der Waals surface area contributed by atoms with E-state index in [1.54, 1.807) is 12.1 Å². The Morgan fingerprint density at radius 3 is 2.53 bits per heavy atom. The summed E-state index contributed by atoms with van der Waals surface area (Å²) in [6.07, 6.45) is 1.22. The van der Waals surface area contributed by atoms with Crippen molar-refractivity contribution in [3.8, 4) is 0 Å². The van der Waals surface area contributed by atoms with Crippen LogP contribution in [0, 0.1) is 6.92 Å². The lowest BCUT2D eigenvalue weighted by Crippen LogP contribution is -2.39. The van der Waals surface area contributed by atoms with Gasteiger partial charge in [0.05, 0.1) is 5.69 Å². The number of anilines is 1. The van der Waals surface area contributed by atoms with Crippen molar-refractivity contribution < 1.29 is 12.6 Å². The normalized spacial score (nSPS) is 24.3. The first-order valence-electron chi connectivity index (χ1n) is 6.12. The third kappa shape index (κ3) is 3.55. The molecule has 0 spiro atoms. The maximum absolute atomic E-state index is 12.2. The predicted molar refractivity (Wildman–Crippen MR) is 76.8 cm³/mol. The monoisotopic (exact) mass is 302 g/mol. The first-order valence-corrected chi connectivity index (χ1v) is 9.09. The number of hydrogen-bond acceptors (Lipinski definition) is 4. The number of benzene rings is 1. The molecule has 0 amide bonds. The van der Waals surface area contributed by atoms with Gasteiger partial charge in [0.1, 0.15) is 4.90 Å². The highest BCUT2D eigenvalue weighted by molar-refractivity contribution is 7.89. The lowest BCUT2D eigenvalue weighted by Gasteiger charge is -2.22. The van der Waals surface area contributed by atoms with Gasteiger partial charge in [-0.05, 0) is 37.5 Å². The van der Waals surface area contributed by atoms with Crippen molar-refractivity contribution in [3.05, 3.63) is 23.8 Å². The van der Waals surface area contributed by atoms with Crippen molar-refractivity contribution in [2.75, 3.05) is 17.2 Å². The van der Waals surface area contributed by atoms with Crippen LogP contribution in [0.4, 0.5) is 5.69 Å². The summed E-state index contributed by atoms with van der Waals surface area (Å²) in [6, 6.07) is 4.74. The SMILES string of the molecule is Cc1ccc(S(=O)(=O)NC2CCS(=O)CC2)c(N)c1. The highest BCUT2D eigenvalue weighted by atomic mass is 32.2. The molecule has 0 saturated carbocycles. The van der Waals surface area contributed by atoms with Gasteiger partial charge in [-0.15, -0.1) is 0 Å². The predicted octanol–water partition coefficient (Wildman–Crippen LogP) is 0.767. The van der Waals surface area contributed by atoms with Gasteiger partial charge in [0.25, 0.3) is 0 Å². The lowest BCUT2D eigenvalue weighted by molar-refractivity contribution is 0.522. The molecule has 1 saturated heterocycles. The minimum atomic E-state index is -3.60. The Hall–Kier alpha value is -0.920. The number of nitrogens with one attached hydrogen (secondary N) is 1. The molecule has 0 unspecified atom stereocenters. The van der Waals surface area contributed by atoms with Gasteiger partial charge < -0.3 is 5.73 Å². The Morgan fingerprint density at radius 1 is 1.32 bits per heavy atom. The van der Waals surface area contributed by atoms with E-state index in [0.29, 0.717) is 24.3 Å². The van der Waals surface area contributed by atoms with Gasteiger partial charge >= 0.3 is 0 Å². The number of nitrogen functional groups attached to an aromatic ring is 1. The van der Waals surface area contributed by atoms with Crippen LogP contribution in [0.2, 0.25) is 0 Å². The van der Waals surface area contributed by atoms with Crippen LogP contribution in [-0.4, -0.2) is 30.2 Å². The Labute approximate surface area is 116 Å². The molecule has 2 rings (SSSR count). The van der Waals surface area contributed by atoms with E-state index in [1.807, 2.05) is 6.92 Å². The molecule has 7 heteroatoms. The third-order valence-corrected chi connectivity index (χ3v) is 6.14. The third-order valence-electron chi connectivity index (χ3n) is 3.16. The van der Waals surface area contributed by atoms with Gasteiger partial charge in [-0.3, -0.25) is 4.21 Å². The van der Waals surface area contributed by atoms with E-state index in [9.17, 15) is 12.6 Å². The van der Waals surface area contributed by atoms with Crippen LogP contribution in [0.1, 0.15) is 18.4 Å². The molecule has 1 heterocycles. The number of rotatable bonds is 3. The highest BCUT2D eigenvalue weighted by Crippen LogP contribution is 2.21. The molecular weight excluding hydrogens is 284 g/mol. The van der Waals surface area contributed by atoms with Crippen LogP contribution in [0.3, 0.4) is 0 Å². The molecule has 1 aliphatic heterocycles. The summed E-state index contributed by atoms with van der Waals surface area (Å²) in [7, 11) is -4.40. The average Bonchev–Trinajstić information content (AvgIpc) is 2.31. The molecule has 0 bridgehead atoms. The topological polar surface area (TPSA) is 89.3 Å². The molecule has 0 atom stereocenters. The van der Waals surface area contributed by atoms with Gasteiger partial charge in [0.15, 0.2) is 0 Å². The van der Waals surface area contributed by atoms with Crippen molar-refractivity contribution in [2.45, 2.75) is 30.7 Å². The minimum absolute atomic E-state index is 0.116. The maximum Gasteiger partial charge on any atom is 0.242 e. The number of aryl methyl sites for hydroxylation is 1. The Kier molecular flexibility index (Phi) is 4.27. The van der Waals surface area contributed by atoms with Crippen molar-refractivity contribution >= 4 is 26.5 Å². The summed E-state index contributed by atoms with van der Waals surface area (Å²) in [5.41, 5.74) is 6.94. The van der Waals surface area contributed by atoms with E-state index in [0.717, 1.165) is 5.56 Å². The van der Waals surface area contributed by atoms with Crippen molar-refractivity contribution in [1.82, 2.24) is 4.72 Å². The summed E-state index contributed by atoms with van der Waals surface area (Å²) in [4.78, 5) is 0.116. The van der Waals surface area contributed by atoms with Gasteiger partial charge in [-0.25, -0.2) is 13.1 Å². The van der Waals surface area contributed by atoms with E-state index in [4.69, 9.17) is 5.73 Å². The van der Waals surface area contributed by atoms with Crippen LogP contribution >= 0.6 is 0 Å². The zero-order chi connectivity index (χ0) is 14.0. The highest BCUT2D eigenvalue weighted by Gasteiger charge is 2.25. The van der Waals surface area contributed by atoms with Crippen LogP contribution < -0.4 is 10.5 Å². The fourth-order valence-electron chi connectivity index (χ4n) is 2.11. The van der Waals surface area contributed by atoms with Crippen molar-refractivity contribution in [2.24, 2.45) is 0 Å². The minimum Gasteiger partial charge on any atom is -0.398 e. The van der Waals surface area contributed by atoms with Crippen LogP contribution in [0.5, 0.6) is 0 Å².